The smallest absolute Gasteiger partial charge is 0.348 e. The van der Waals surface area contributed by atoms with Gasteiger partial charge in [0.15, 0.2) is 0 Å². The van der Waals surface area contributed by atoms with Gasteiger partial charge in [0.25, 0.3) is 0 Å². The Hall–Kier alpha value is -3.72. The molecule has 0 saturated heterocycles. The molecule has 0 aliphatic carbocycles. The molecule has 0 spiro atoms. The number of carbonyl (C=O) groups is 1. The van der Waals surface area contributed by atoms with Crippen LogP contribution < -0.4 is 0 Å². The minimum absolute atomic E-state index is 0.150. The first kappa shape index (κ1) is 17.1. The van der Waals surface area contributed by atoms with Crippen molar-refractivity contribution in [2.75, 3.05) is 7.11 Å². The Morgan fingerprint density at radius 2 is 1.88 bits per heavy atom. The number of aromatic nitrogens is 2. The van der Waals surface area contributed by atoms with E-state index < -0.39 is 5.97 Å². The molecule has 3 aromatic rings. The fourth-order valence-corrected chi connectivity index (χ4v) is 2.44. The summed E-state index contributed by atoms with van der Waals surface area (Å²) in [6.07, 6.45) is 3.12. The van der Waals surface area contributed by atoms with Gasteiger partial charge in [-0.05, 0) is 42.5 Å². The topological polar surface area (TPSA) is 67.9 Å². The third-order valence-electron chi connectivity index (χ3n) is 3.71. The van der Waals surface area contributed by atoms with E-state index in [0.717, 1.165) is 5.69 Å². The molecule has 1 heterocycles. The van der Waals surface area contributed by atoms with E-state index in [1.807, 2.05) is 36.4 Å². The van der Waals surface area contributed by atoms with Gasteiger partial charge < -0.3 is 4.74 Å². The molecule has 0 saturated carbocycles. The number of carbonyl (C=O) groups excluding carboxylic acids is 1. The fraction of sp³-hybridized carbons (Fsp3) is 0.0500. The van der Waals surface area contributed by atoms with Crippen LogP contribution >= 0.6 is 0 Å². The van der Waals surface area contributed by atoms with Crippen molar-refractivity contribution in [1.82, 2.24) is 9.78 Å². The molecule has 0 radical (unpaired) electrons. The summed E-state index contributed by atoms with van der Waals surface area (Å²) in [5.74, 6) is -1.09. The van der Waals surface area contributed by atoms with Crippen molar-refractivity contribution in [2.45, 2.75) is 0 Å². The van der Waals surface area contributed by atoms with Crippen molar-refractivity contribution in [3.63, 3.8) is 0 Å². The maximum Gasteiger partial charge on any atom is 0.348 e. The number of methoxy groups -OCH3 is 1. The van der Waals surface area contributed by atoms with Gasteiger partial charge in [-0.3, -0.25) is 0 Å². The van der Waals surface area contributed by atoms with Crippen LogP contribution in [0.4, 0.5) is 4.39 Å². The number of nitrogens with zero attached hydrogens (tertiary/aromatic N) is 3. The molecular formula is C20H14FN3O2. The Labute approximate surface area is 149 Å². The molecule has 5 nitrogen and oxygen atoms in total. The normalized spacial score (nSPS) is 11.0. The van der Waals surface area contributed by atoms with Gasteiger partial charge in [0.1, 0.15) is 17.5 Å². The summed E-state index contributed by atoms with van der Waals surface area (Å²) in [6, 6.07) is 17.1. The van der Waals surface area contributed by atoms with Crippen molar-refractivity contribution in [3.05, 3.63) is 77.7 Å². The molecule has 0 amide bonds. The molecule has 3 rings (SSSR count). The van der Waals surface area contributed by atoms with Gasteiger partial charge in [-0.2, -0.15) is 10.4 Å². The molecule has 0 aliphatic heterocycles. The SMILES string of the molecule is COC(=O)/C(C#N)=C/c1cn(-c2ccccc2)nc1-c1ccc(F)cc1. The Kier molecular flexibility index (Phi) is 4.90. The van der Waals surface area contributed by atoms with Gasteiger partial charge in [0.2, 0.25) is 0 Å². The number of benzene rings is 2. The zero-order valence-corrected chi connectivity index (χ0v) is 13.9. The number of para-hydroxylation sites is 1. The number of ether oxygens (including phenoxy) is 1. The summed E-state index contributed by atoms with van der Waals surface area (Å²) in [5.41, 5.74) is 2.39. The molecule has 0 fully saturated rings. The van der Waals surface area contributed by atoms with E-state index in [1.54, 1.807) is 23.0 Å². The summed E-state index contributed by atoms with van der Waals surface area (Å²) in [7, 11) is 1.21. The molecule has 6 heteroatoms. The molecule has 1 aromatic heterocycles. The summed E-state index contributed by atoms with van der Waals surface area (Å²) in [5, 5.41) is 13.8. The highest BCUT2D eigenvalue weighted by molar-refractivity contribution is 5.98. The molecule has 0 bridgehead atoms. The van der Waals surface area contributed by atoms with Crippen LogP contribution in [0.25, 0.3) is 23.0 Å². The van der Waals surface area contributed by atoms with Gasteiger partial charge in [-0.1, -0.05) is 18.2 Å². The first-order chi connectivity index (χ1) is 12.6. The maximum atomic E-state index is 13.2. The van der Waals surface area contributed by atoms with E-state index in [9.17, 15) is 14.4 Å². The van der Waals surface area contributed by atoms with E-state index in [-0.39, 0.29) is 11.4 Å². The second-order valence-corrected chi connectivity index (χ2v) is 5.38. The largest absolute Gasteiger partial charge is 0.465 e. The zero-order chi connectivity index (χ0) is 18.5. The van der Waals surface area contributed by atoms with Crippen molar-refractivity contribution in [3.8, 4) is 23.0 Å². The van der Waals surface area contributed by atoms with Crippen molar-refractivity contribution >= 4 is 12.0 Å². The number of esters is 1. The average molecular weight is 347 g/mol. The number of hydrogen-bond donors (Lipinski definition) is 0. The van der Waals surface area contributed by atoms with Crippen LogP contribution in [0.3, 0.4) is 0 Å². The summed E-state index contributed by atoms with van der Waals surface area (Å²) >= 11 is 0. The molecule has 0 N–H and O–H groups in total. The van der Waals surface area contributed by atoms with Crippen LogP contribution in [-0.4, -0.2) is 22.9 Å². The highest BCUT2D eigenvalue weighted by Gasteiger charge is 2.15. The van der Waals surface area contributed by atoms with Crippen LogP contribution in [0.2, 0.25) is 0 Å². The second-order valence-electron chi connectivity index (χ2n) is 5.38. The molecule has 0 aliphatic rings. The van der Waals surface area contributed by atoms with Crippen LogP contribution in [0.15, 0.2) is 66.4 Å². The first-order valence-electron chi connectivity index (χ1n) is 7.73. The molecule has 2 aromatic carbocycles. The third kappa shape index (κ3) is 3.52. The minimum Gasteiger partial charge on any atom is -0.465 e. The predicted molar refractivity (Wildman–Crippen MR) is 94.6 cm³/mol. The Balaban J connectivity index is 2.16. The highest BCUT2D eigenvalue weighted by Crippen LogP contribution is 2.26. The summed E-state index contributed by atoms with van der Waals surface area (Å²) in [6.45, 7) is 0. The van der Waals surface area contributed by atoms with E-state index in [2.05, 4.69) is 9.84 Å². The molecule has 0 unspecified atom stereocenters. The van der Waals surface area contributed by atoms with Gasteiger partial charge in [0.05, 0.1) is 18.5 Å². The lowest BCUT2D eigenvalue weighted by Gasteiger charge is -2.01. The summed E-state index contributed by atoms with van der Waals surface area (Å²) in [4.78, 5) is 11.7. The van der Waals surface area contributed by atoms with Crippen LogP contribution in [-0.2, 0) is 9.53 Å². The molecular weight excluding hydrogens is 333 g/mol. The molecule has 26 heavy (non-hydrogen) atoms. The second kappa shape index (κ2) is 7.45. The van der Waals surface area contributed by atoms with Crippen molar-refractivity contribution in [1.29, 1.82) is 5.26 Å². The average Bonchev–Trinajstić information content (AvgIpc) is 3.10. The van der Waals surface area contributed by atoms with Gasteiger partial charge >= 0.3 is 5.97 Å². The van der Waals surface area contributed by atoms with Crippen molar-refractivity contribution in [2.24, 2.45) is 0 Å². The third-order valence-corrected chi connectivity index (χ3v) is 3.71. The first-order valence-corrected chi connectivity index (χ1v) is 7.73. The van der Waals surface area contributed by atoms with E-state index in [4.69, 9.17) is 0 Å². The number of hydrogen-bond acceptors (Lipinski definition) is 4. The lowest BCUT2D eigenvalue weighted by atomic mass is 10.1. The number of nitriles is 1. The van der Waals surface area contributed by atoms with Crippen LogP contribution in [0.5, 0.6) is 0 Å². The Morgan fingerprint density at radius 3 is 2.50 bits per heavy atom. The quantitative estimate of drug-likeness (QED) is 0.409. The highest BCUT2D eigenvalue weighted by atomic mass is 19.1. The minimum atomic E-state index is -0.731. The zero-order valence-electron chi connectivity index (χ0n) is 13.9. The van der Waals surface area contributed by atoms with Gasteiger partial charge in [-0.25, -0.2) is 13.9 Å². The van der Waals surface area contributed by atoms with E-state index >= 15 is 0 Å². The van der Waals surface area contributed by atoms with Gasteiger partial charge in [-0.15, -0.1) is 0 Å². The fourth-order valence-electron chi connectivity index (χ4n) is 2.44. The standard InChI is InChI=1S/C20H14FN3O2/c1-26-20(25)15(12-22)11-16-13-24(18-5-3-2-4-6-18)23-19(16)14-7-9-17(21)10-8-14/h2-11,13H,1H3/b15-11+. The van der Waals surface area contributed by atoms with E-state index in [1.165, 1.54) is 25.3 Å². The molecule has 0 atom stereocenters. The number of halogens is 1. The Morgan fingerprint density at radius 1 is 1.19 bits per heavy atom. The van der Waals surface area contributed by atoms with Crippen molar-refractivity contribution < 1.29 is 13.9 Å². The lowest BCUT2D eigenvalue weighted by Crippen LogP contribution is -2.02. The monoisotopic (exact) mass is 347 g/mol. The molecule has 128 valence electrons. The maximum absolute atomic E-state index is 13.2. The van der Waals surface area contributed by atoms with Gasteiger partial charge in [0, 0.05) is 17.3 Å². The lowest BCUT2D eigenvalue weighted by molar-refractivity contribution is -0.135. The number of rotatable bonds is 4. The van der Waals surface area contributed by atoms with Crippen LogP contribution in [0, 0.1) is 17.1 Å². The van der Waals surface area contributed by atoms with Crippen LogP contribution in [0.1, 0.15) is 5.56 Å². The van der Waals surface area contributed by atoms with E-state index in [0.29, 0.717) is 16.8 Å². The predicted octanol–water partition coefficient (Wildman–Crippen LogP) is 3.76. The Bertz CT molecular complexity index is 1000. The summed E-state index contributed by atoms with van der Waals surface area (Å²) < 4.78 is 19.5.